The lowest BCUT2D eigenvalue weighted by atomic mass is 9.99. The maximum atomic E-state index is 12.6. The lowest BCUT2D eigenvalue weighted by Crippen LogP contribution is -2.49. The number of aryl methyl sites for hydroxylation is 1. The van der Waals surface area contributed by atoms with Gasteiger partial charge in [0.15, 0.2) is 0 Å². The molecule has 0 bridgehead atoms. The molecule has 1 aromatic carbocycles. The van der Waals surface area contributed by atoms with Crippen LogP contribution in [-0.4, -0.2) is 59.6 Å². The minimum atomic E-state index is -0.745. The predicted molar refractivity (Wildman–Crippen MR) is 91.0 cm³/mol. The van der Waals surface area contributed by atoms with Gasteiger partial charge in [-0.15, -0.1) is 0 Å². The molecule has 0 saturated carbocycles. The number of carbonyl (C=O) groups excluding carboxylic acids is 2. The molecule has 0 unspecified atom stereocenters. The van der Waals surface area contributed by atoms with Gasteiger partial charge in [0, 0.05) is 25.7 Å². The van der Waals surface area contributed by atoms with Crippen LogP contribution in [0.25, 0.3) is 0 Å². The number of amides is 3. The molecule has 6 nitrogen and oxygen atoms in total. The van der Waals surface area contributed by atoms with Crippen molar-refractivity contribution in [2.75, 3.05) is 26.2 Å². The summed E-state index contributed by atoms with van der Waals surface area (Å²) in [6, 6.07) is 7.58. The summed E-state index contributed by atoms with van der Waals surface area (Å²) in [5, 5.41) is 2.91. The van der Waals surface area contributed by atoms with Gasteiger partial charge in [-0.25, -0.2) is 4.79 Å². The third kappa shape index (κ3) is 3.11. The molecule has 2 heterocycles. The van der Waals surface area contributed by atoms with E-state index in [-0.39, 0.29) is 18.0 Å². The Morgan fingerprint density at radius 3 is 2.58 bits per heavy atom. The topological polar surface area (TPSA) is 61.9 Å². The molecule has 0 aliphatic carbocycles. The number of likely N-dealkylation sites (tertiary alicyclic amines) is 1. The van der Waals surface area contributed by atoms with Crippen LogP contribution in [0, 0.1) is 6.92 Å². The van der Waals surface area contributed by atoms with Crippen molar-refractivity contribution in [3.8, 4) is 5.75 Å². The lowest BCUT2D eigenvalue weighted by Gasteiger charge is -2.23. The van der Waals surface area contributed by atoms with Crippen molar-refractivity contribution in [1.82, 2.24) is 15.1 Å². The molecule has 2 aliphatic rings. The number of nitrogens with zero attached hydrogens (tertiary/aromatic N) is 2. The molecule has 1 aromatic rings. The summed E-state index contributed by atoms with van der Waals surface area (Å²) in [7, 11) is 0. The predicted octanol–water partition coefficient (Wildman–Crippen LogP) is 1.78. The van der Waals surface area contributed by atoms with E-state index < -0.39 is 5.54 Å². The molecule has 3 amide bonds. The van der Waals surface area contributed by atoms with Gasteiger partial charge in [0.2, 0.25) is 0 Å². The maximum Gasteiger partial charge on any atom is 0.325 e. The molecular weight excluding hydrogens is 306 g/mol. The van der Waals surface area contributed by atoms with E-state index in [4.69, 9.17) is 4.74 Å². The minimum Gasteiger partial charge on any atom is -0.492 e. The Labute approximate surface area is 142 Å². The molecule has 1 spiro atoms. The molecular formula is C18H25N3O3. The largest absolute Gasteiger partial charge is 0.492 e. The SMILES string of the molecule is Cc1ccc(OCCN2CC[C@]3(C2)NC(=O)N(C(C)C)C3=O)cc1. The van der Waals surface area contributed by atoms with Crippen LogP contribution in [0.5, 0.6) is 5.75 Å². The van der Waals surface area contributed by atoms with Gasteiger partial charge in [0.05, 0.1) is 0 Å². The first-order valence-electron chi connectivity index (χ1n) is 8.49. The van der Waals surface area contributed by atoms with Gasteiger partial charge >= 0.3 is 6.03 Å². The van der Waals surface area contributed by atoms with Gasteiger partial charge in [-0.3, -0.25) is 14.6 Å². The minimum absolute atomic E-state index is 0.0931. The molecule has 1 atom stereocenters. The Morgan fingerprint density at radius 1 is 1.25 bits per heavy atom. The summed E-state index contributed by atoms with van der Waals surface area (Å²) in [5.41, 5.74) is 0.458. The Morgan fingerprint density at radius 2 is 1.96 bits per heavy atom. The monoisotopic (exact) mass is 331 g/mol. The van der Waals surface area contributed by atoms with E-state index in [0.717, 1.165) is 18.8 Å². The standard InChI is InChI=1S/C18H25N3O3/c1-13(2)21-16(22)18(19-17(21)23)8-9-20(12-18)10-11-24-15-6-4-14(3)5-7-15/h4-7,13H,8-12H2,1-3H3,(H,19,23)/t18-/m1/s1. The van der Waals surface area contributed by atoms with Crippen LogP contribution in [0.1, 0.15) is 25.8 Å². The number of nitrogens with one attached hydrogen (secondary N) is 1. The molecule has 2 aliphatic heterocycles. The van der Waals surface area contributed by atoms with Crippen molar-refractivity contribution in [1.29, 1.82) is 0 Å². The third-order valence-corrected chi connectivity index (χ3v) is 4.76. The fraction of sp³-hybridized carbons (Fsp3) is 0.556. The molecule has 6 heteroatoms. The molecule has 0 radical (unpaired) electrons. The Bertz CT molecular complexity index is 629. The van der Waals surface area contributed by atoms with E-state index in [1.54, 1.807) is 0 Å². The van der Waals surface area contributed by atoms with Crippen molar-refractivity contribution < 1.29 is 14.3 Å². The number of carbonyl (C=O) groups is 2. The van der Waals surface area contributed by atoms with Gasteiger partial charge in [0.25, 0.3) is 5.91 Å². The van der Waals surface area contributed by atoms with Crippen LogP contribution in [0.2, 0.25) is 0 Å². The van der Waals surface area contributed by atoms with E-state index in [9.17, 15) is 9.59 Å². The van der Waals surface area contributed by atoms with E-state index in [1.165, 1.54) is 10.5 Å². The van der Waals surface area contributed by atoms with Crippen LogP contribution in [0.4, 0.5) is 4.79 Å². The first-order chi connectivity index (χ1) is 11.4. The molecule has 1 N–H and O–H groups in total. The summed E-state index contributed by atoms with van der Waals surface area (Å²) in [6.07, 6.45) is 0.658. The zero-order valence-electron chi connectivity index (χ0n) is 14.5. The first-order valence-corrected chi connectivity index (χ1v) is 8.49. The Balaban J connectivity index is 1.53. The molecule has 24 heavy (non-hydrogen) atoms. The molecule has 0 aromatic heterocycles. The average Bonchev–Trinajstić information content (AvgIpc) is 3.03. The summed E-state index contributed by atoms with van der Waals surface area (Å²) in [5.74, 6) is 0.759. The summed E-state index contributed by atoms with van der Waals surface area (Å²) >= 11 is 0. The van der Waals surface area contributed by atoms with Gasteiger partial charge in [-0.2, -0.15) is 0 Å². The van der Waals surface area contributed by atoms with Crippen molar-refractivity contribution >= 4 is 11.9 Å². The van der Waals surface area contributed by atoms with E-state index in [0.29, 0.717) is 19.6 Å². The normalized spacial score (nSPS) is 24.2. The second kappa shape index (κ2) is 6.43. The maximum absolute atomic E-state index is 12.6. The van der Waals surface area contributed by atoms with E-state index in [1.807, 2.05) is 45.0 Å². The van der Waals surface area contributed by atoms with Crippen molar-refractivity contribution in [2.45, 2.75) is 38.8 Å². The second-order valence-corrected chi connectivity index (χ2v) is 6.97. The Kier molecular flexibility index (Phi) is 4.49. The van der Waals surface area contributed by atoms with Gasteiger partial charge in [0.1, 0.15) is 17.9 Å². The fourth-order valence-corrected chi connectivity index (χ4v) is 3.39. The zero-order valence-corrected chi connectivity index (χ0v) is 14.5. The highest BCUT2D eigenvalue weighted by atomic mass is 16.5. The number of benzene rings is 1. The van der Waals surface area contributed by atoms with Gasteiger partial charge in [-0.05, 0) is 39.3 Å². The van der Waals surface area contributed by atoms with Crippen molar-refractivity contribution in [3.63, 3.8) is 0 Å². The number of hydrogen-bond acceptors (Lipinski definition) is 4. The highest BCUT2D eigenvalue weighted by Gasteiger charge is 2.55. The fourth-order valence-electron chi connectivity index (χ4n) is 3.39. The van der Waals surface area contributed by atoms with E-state index >= 15 is 0 Å². The van der Waals surface area contributed by atoms with Gasteiger partial charge in [-0.1, -0.05) is 17.7 Å². The quantitative estimate of drug-likeness (QED) is 0.836. The highest BCUT2D eigenvalue weighted by Crippen LogP contribution is 2.29. The highest BCUT2D eigenvalue weighted by molar-refractivity contribution is 6.07. The Hall–Kier alpha value is -2.08. The van der Waals surface area contributed by atoms with Gasteiger partial charge < -0.3 is 10.1 Å². The second-order valence-electron chi connectivity index (χ2n) is 6.97. The van der Waals surface area contributed by atoms with Crippen LogP contribution < -0.4 is 10.1 Å². The summed E-state index contributed by atoms with van der Waals surface area (Å²) in [6.45, 7) is 8.40. The van der Waals surface area contributed by atoms with Crippen LogP contribution in [0.3, 0.4) is 0 Å². The zero-order chi connectivity index (χ0) is 17.3. The average molecular weight is 331 g/mol. The van der Waals surface area contributed by atoms with Crippen LogP contribution in [-0.2, 0) is 4.79 Å². The molecule has 2 fully saturated rings. The number of ether oxygens (including phenoxy) is 1. The molecule has 2 saturated heterocycles. The first kappa shape index (κ1) is 16.8. The third-order valence-electron chi connectivity index (χ3n) is 4.76. The number of rotatable bonds is 5. The number of urea groups is 1. The van der Waals surface area contributed by atoms with Crippen molar-refractivity contribution in [2.24, 2.45) is 0 Å². The molecule has 130 valence electrons. The van der Waals surface area contributed by atoms with E-state index in [2.05, 4.69) is 10.2 Å². The lowest BCUT2D eigenvalue weighted by molar-refractivity contribution is -0.132. The smallest absolute Gasteiger partial charge is 0.325 e. The van der Waals surface area contributed by atoms with Crippen LogP contribution in [0.15, 0.2) is 24.3 Å². The van der Waals surface area contributed by atoms with Crippen molar-refractivity contribution in [3.05, 3.63) is 29.8 Å². The summed E-state index contributed by atoms with van der Waals surface area (Å²) in [4.78, 5) is 28.2. The van der Waals surface area contributed by atoms with Crippen LogP contribution >= 0.6 is 0 Å². The summed E-state index contributed by atoms with van der Waals surface area (Å²) < 4.78 is 5.76. The number of hydrogen-bond donors (Lipinski definition) is 1. The number of imide groups is 1. The molecule has 3 rings (SSSR count).